The van der Waals surface area contributed by atoms with Gasteiger partial charge >= 0.3 is 11.8 Å². The zero-order chi connectivity index (χ0) is 21.7. The summed E-state index contributed by atoms with van der Waals surface area (Å²) in [6.07, 6.45) is 0. The lowest BCUT2D eigenvalue weighted by Crippen LogP contribution is -2.43. The van der Waals surface area contributed by atoms with Crippen LogP contribution in [0.4, 0.5) is 5.69 Å². The van der Waals surface area contributed by atoms with E-state index in [4.69, 9.17) is 11.6 Å². The van der Waals surface area contributed by atoms with Crippen molar-refractivity contribution in [2.24, 2.45) is 0 Å². The lowest BCUT2D eigenvalue weighted by atomic mass is 9.93. The number of carbonyl (C=O) groups excluding carboxylic acids is 2. The molecule has 6 heteroatoms. The van der Waals surface area contributed by atoms with E-state index in [0.29, 0.717) is 16.3 Å². The Kier molecular flexibility index (Phi) is 6.55. The van der Waals surface area contributed by atoms with Gasteiger partial charge in [0.05, 0.1) is 6.54 Å². The van der Waals surface area contributed by atoms with Crippen molar-refractivity contribution in [3.63, 3.8) is 0 Å². The van der Waals surface area contributed by atoms with E-state index in [0.717, 1.165) is 16.7 Å². The number of carbonyl (C=O) groups is 2. The zero-order valence-corrected chi connectivity index (χ0v) is 17.5. The van der Waals surface area contributed by atoms with E-state index in [-0.39, 0.29) is 6.54 Å². The van der Waals surface area contributed by atoms with Crippen LogP contribution in [0.2, 0.25) is 5.02 Å². The average molecular weight is 423 g/mol. The molecule has 0 saturated heterocycles. The maximum Gasteiger partial charge on any atom is 0.313 e. The number of hydrogen-bond acceptors (Lipinski definition) is 3. The largest absolute Gasteiger partial charge is 0.384 e. The van der Waals surface area contributed by atoms with Crippen LogP contribution in [-0.4, -0.2) is 23.5 Å². The minimum absolute atomic E-state index is 0.113. The number of amides is 2. The van der Waals surface area contributed by atoms with Crippen molar-refractivity contribution in [3.8, 4) is 11.1 Å². The molecule has 0 bridgehead atoms. The molecule has 154 valence electrons. The first-order valence-corrected chi connectivity index (χ1v) is 9.88. The fourth-order valence-electron chi connectivity index (χ4n) is 3.00. The first-order valence-electron chi connectivity index (χ1n) is 9.50. The lowest BCUT2D eigenvalue weighted by molar-refractivity contribution is -0.136. The Balaban J connectivity index is 1.61. The van der Waals surface area contributed by atoms with Crippen molar-refractivity contribution < 1.29 is 14.7 Å². The van der Waals surface area contributed by atoms with Crippen molar-refractivity contribution in [1.82, 2.24) is 5.32 Å². The van der Waals surface area contributed by atoms with Crippen molar-refractivity contribution in [2.45, 2.75) is 19.4 Å². The summed E-state index contributed by atoms with van der Waals surface area (Å²) in [4.78, 5) is 24.4. The number of benzene rings is 3. The second kappa shape index (κ2) is 9.11. The van der Waals surface area contributed by atoms with Gasteiger partial charge in [-0.3, -0.25) is 9.59 Å². The quantitative estimate of drug-likeness (QED) is 0.537. The summed E-state index contributed by atoms with van der Waals surface area (Å²) in [5.41, 5.74) is 2.64. The maximum absolute atomic E-state index is 12.2. The highest BCUT2D eigenvalue weighted by molar-refractivity contribution is 6.40. The topological polar surface area (TPSA) is 78.4 Å². The third-order valence-corrected chi connectivity index (χ3v) is 5.10. The molecule has 3 rings (SSSR count). The highest BCUT2D eigenvalue weighted by atomic mass is 35.5. The summed E-state index contributed by atoms with van der Waals surface area (Å²) in [5, 5.41) is 16.3. The van der Waals surface area contributed by atoms with Crippen molar-refractivity contribution in [2.75, 3.05) is 11.9 Å². The molecule has 3 N–H and O–H groups in total. The van der Waals surface area contributed by atoms with E-state index in [9.17, 15) is 14.7 Å². The van der Waals surface area contributed by atoms with Crippen LogP contribution in [0.1, 0.15) is 18.1 Å². The second-order valence-electron chi connectivity index (χ2n) is 7.31. The summed E-state index contributed by atoms with van der Waals surface area (Å²) < 4.78 is 0. The van der Waals surface area contributed by atoms with Crippen molar-refractivity contribution in [1.29, 1.82) is 0 Å². The molecule has 3 aromatic carbocycles. The fourth-order valence-corrected chi connectivity index (χ4v) is 3.17. The molecule has 0 spiro atoms. The molecule has 5 nitrogen and oxygen atoms in total. The Labute approximate surface area is 180 Å². The zero-order valence-electron chi connectivity index (χ0n) is 16.8. The molecule has 0 fully saturated rings. The lowest BCUT2D eigenvalue weighted by Gasteiger charge is -2.24. The van der Waals surface area contributed by atoms with E-state index in [1.165, 1.54) is 0 Å². The number of aliphatic hydroxyl groups is 1. The molecule has 1 unspecified atom stereocenters. The van der Waals surface area contributed by atoms with Gasteiger partial charge in [0.1, 0.15) is 5.60 Å². The number of aryl methyl sites for hydroxylation is 1. The summed E-state index contributed by atoms with van der Waals surface area (Å²) in [6.45, 7) is 3.27. The predicted molar refractivity (Wildman–Crippen MR) is 119 cm³/mol. The van der Waals surface area contributed by atoms with Gasteiger partial charge < -0.3 is 15.7 Å². The summed E-state index contributed by atoms with van der Waals surface area (Å²) in [5.74, 6) is -1.66. The second-order valence-corrected chi connectivity index (χ2v) is 7.75. The van der Waals surface area contributed by atoms with Gasteiger partial charge in [-0.2, -0.15) is 0 Å². The third kappa shape index (κ3) is 5.26. The number of rotatable bonds is 5. The molecule has 0 aliphatic heterocycles. The van der Waals surface area contributed by atoms with E-state index in [1.54, 1.807) is 32.0 Å². The van der Waals surface area contributed by atoms with Gasteiger partial charge in [0.25, 0.3) is 0 Å². The van der Waals surface area contributed by atoms with Crippen LogP contribution in [0.25, 0.3) is 11.1 Å². The monoisotopic (exact) mass is 422 g/mol. The number of nitrogens with one attached hydrogen (secondary N) is 2. The molecule has 2 amide bonds. The molecule has 3 aromatic rings. The SMILES string of the molecule is Cc1ccc(Cl)cc1NC(=O)C(=O)NCC(C)(O)c1ccc(-c2ccccc2)cc1. The van der Waals surface area contributed by atoms with E-state index < -0.39 is 17.4 Å². The Bertz CT molecular complexity index is 1050. The average Bonchev–Trinajstić information content (AvgIpc) is 2.75. The molecule has 1 atom stereocenters. The van der Waals surface area contributed by atoms with Gasteiger partial charge in [0.2, 0.25) is 0 Å². The molecule has 0 radical (unpaired) electrons. The van der Waals surface area contributed by atoms with Crippen LogP contribution in [0.15, 0.2) is 72.8 Å². The van der Waals surface area contributed by atoms with Crippen LogP contribution in [-0.2, 0) is 15.2 Å². The van der Waals surface area contributed by atoms with Crippen LogP contribution < -0.4 is 10.6 Å². The normalized spacial score (nSPS) is 12.7. The van der Waals surface area contributed by atoms with Crippen LogP contribution >= 0.6 is 11.6 Å². The number of anilines is 1. The molecule has 0 heterocycles. The molecular formula is C24H23ClN2O3. The molecule has 30 heavy (non-hydrogen) atoms. The molecule has 0 aliphatic carbocycles. The molecule has 0 aliphatic rings. The minimum Gasteiger partial charge on any atom is -0.384 e. The first-order chi connectivity index (χ1) is 14.3. The highest BCUT2D eigenvalue weighted by Crippen LogP contribution is 2.25. The van der Waals surface area contributed by atoms with Gasteiger partial charge in [-0.05, 0) is 48.2 Å². The van der Waals surface area contributed by atoms with Crippen molar-refractivity contribution in [3.05, 3.63) is 88.9 Å². The molecule has 0 aromatic heterocycles. The van der Waals surface area contributed by atoms with Gasteiger partial charge in [-0.15, -0.1) is 0 Å². The maximum atomic E-state index is 12.2. The summed E-state index contributed by atoms with van der Waals surface area (Å²) in [6, 6.07) is 22.4. The van der Waals surface area contributed by atoms with Crippen molar-refractivity contribution >= 4 is 29.1 Å². The van der Waals surface area contributed by atoms with Gasteiger partial charge in [-0.25, -0.2) is 0 Å². The summed E-state index contributed by atoms with van der Waals surface area (Å²) >= 11 is 5.93. The van der Waals surface area contributed by atoms with Crippen LogP contribution in [0, 0.1) is 6.92 Å². The smallest absolute Gasteiger partial charge is 0.313 e. The van der Waals surface area contributed by atoms with E-state index >= 15 is 0 Å². The van der Waals surface area contributed by atoms with E-state index in [1.807, 2.05) is 54.6 Å². The fraction of sp³-hybridized carbons (Fsp3) is 0.167. The Morgan fingerprint density at radius 3 is 2.23 bits per heavy atom. The summed E-state index contributed by atoms with van der Waals surface area (Å²) in [7, 11) is 0. The molecular weight excluding hydrogens is 400 g/mol. The van der Waals surface area contributed by atoms with Gasteiger partial charge in [0, 0.05) is 10.7 Å². The van der Waals surface area contributed by atoms with Gasteiger partial charge in [0.15, 0.2) is 0 Å². The Morgan fingerprint density at radius 2 is 1.57 bits per heavy atom. The number of halogens is 1. The van der Waals surface area contributed by atoms with Gasteiger partial charge in [-0.1, -0.05) is 72.3 Å². The Hall–Kier alpha value is -3.15. The molecule has 0 saturated carbocycles. The highest BCUT2D eigenvalue weighted by Gasteiger charge is 2.25. The van der Waals surface area contributed by atoms with Crippen LogP contribution in [0.5, 0.6) is 0 Å². The first kappa shape index (κ1) is 21.6. The minimum atomic E-state index is -1.34. The van der Waals surface area contributed by atoms with E-state index in [2.05, 4.69) is 10.6 Å². The third-order valence-electron chi connectivity index (χ3n) is 4.86. The van der Waals surface area contributed by atoms with Crippen LogP contribution in [0.3, 0.4) is 0 Å². The Morgan fingerprint density at radius 1 is 0.933 bits per heavy atom. The predicted octanol–water partition coefficient (Wildman–Crippen LogP) is 4.28. The number of hydrogen-bond donors (Lipinski definition) is 3. The standard InChI is InChI=1S/C24H23ClN2O3/c1-16-8-13-20(25)14-21(16)27-23(29)22(28)26-15-24(2,30)19-11-9-18(10-12-19)17-6-4-3-5-7-17/h3-14,30H,15H2,1-2H3,(H,26,28)(H,27,29).